The first-order valence-corrected chi connectivity index (χ1v) is 4.52. The summed E-state index contributed by atoms with van der Waals surface area (Å²) in [5.41, 5.74) is 5.49. The number of nitrogens with one attached hydrogen (secondary N) is 1. The van der Waals surface area contributed by atoms with Crippen molar-refractivity contribution in [1.29, 1.82) is 0 Å². The van der Waals surface area contributed by atoms with Crippen molar-refractivity contribution in [3.8, 4) is 0 Å². The number of oxazole rings is 1. The summed E-state index contributed by atoms with van der Waals surface area (Å²) in [6.07, 6.45) is 1.72. The third-order valence-electron chi connectivity index (χ3n) is 1.90. The van der Waals surface area contributed by atoms with E-state index < -0.39 is 0 Å². The normalized spacial score (nSPS) is 15.7. The van der Waals surface area contributed by atoms with Gasteiger partial charge in [-0.2, -0.15) is 0 Å². The molecule has 4 nitrogen and oxygen atoms in total. The van der Waals surface area contributed by atoms with E-state index in [1.165, 1.54) is 0 Å². The first-order chi connectivity index (χ1) is 6.13. The summed E-state index contributed by atoms with van der Waals surface area (Å²) in [6, 6.07) is 0.398. The molecule has 0 amide bonds. The molecule has 1 rings (SSSR count). The number of aromatic nitrogens is 1. The van der Waals surface area contributed by atoms with Crippen molar-refractivity contribution in [3.05, 3.63) is 17.8 Å². The van der Waals surface area contributed by atoms with Crippen molar-refractivity contribution in [2.45, 2.75) is 32.9 Å². The maximum atomic E-state index is 5.49. The molecule has 0 saturated heterocycles. The van der Waals surface area contributed by atoms with Gasteiger partial charge in [0.1, 0.15) is 5.76 Å². The van der Waals surface area contributed by atoms with E-state index in [-0.39, 0.29) is 12.1 Å². The van der Waals surface area contributed by atoms with Crippen LogP contribution in [0.4, 0.5) is 0 Å². The van der Waals surface area contributed by atoms with Crippen molar-refractivity contribution in [1.82, 2.24) is 10.3 Å². The minimum Gasteiger partial charge on any atom is -0.444 e. The molecule has 0 aliphatic carbocycles. The van der Waals surface area contributed by atoms with Crippen LogP contribution in [0, 0.1) is 6.92 Å². The van der Waals surface area contributed by atoms with E-state index in [2.05, 4.69) is 10.3 Å². The molecule has 0 aromatic carbocycles. The molecule has 2 unspecified atom stereocenters. The molecule has 0 saturated carbocycles. The topological polar surface area (TPSA) is 64.1 Å². The highest BCUT2D eigenvalue weighted by molar-refractivity contribution is 4.95. The van der Waals surface area contributed by atoms with Gasteiger partial charge in [-0.3, -0.25) is 0 Å². The summed E-state index contributed by atoms with van der Waals surface area (Å²) in [6.45, 7) is 6.54. The molecule has 2 atom stereocenters. The van der Waals surface area contributed by atoms with Gasteiger partial charge in [-0.15, -0.1) is 0 Å². The van der Waals surface area contributed by atoms with Gasteiger partial charge in [0.25, 0.3) is 0 Å². The van der Waals surface area contributed by atoms with Crippen LogP contribution in [0.2, 0.25) is 0 Å². The zero-order valence-corrected chi connectivity index (χ0v) is 8.37. The Balaban J connectivity index is 2.53. The molecule has 4 heteroatoms. The highest BCUT2D eigenvalue weighted by Crippen LogP contribution is 2.12. The average Bonchev–Trinajstić information content (AvgIpc) is 2.51. The summed E-state index contributed by atoms with van der Waals surface area (Å²) in [4.78, 5) is 4.13. The fourth-order valence-electron chi connectivity index (χ4n) is 1.14. The number of nitrogens with zero attached hydrogens (tertiary/aromatic N) is 1. The molecular formula is C9H17N3O. The minimum atomic E-state index is 0.118. The first kappa shape index (κ1) is 10.2. The molecule has 1 aromatic rings. The number of rotatable bonds is 4. The molecule has 0 bridgehead atoms. The Kier molecular flexibility index (Phi) is 3.45. The van der Waals surface area contributed by atoms with Crippen LogP contribution in [0.25, 0.3) is 0 Å². The van der Waals surface area contributed by atoms with E-state index in [9.17, 15) is 0 Å². The van der Waals surface area contributed by atoms with Gasteiger partial charge >= 0.3 is 0 Å². The quantitative estimate of drug-likeness (QED) is 0.730. The van der Waals surface area contributed by atoms with Crippen molar-refractivity contribution in [2.24, 2.45) is 5.73 Å². The number of nitrogens with two attached hydrogens (primary N) is 1. The molecule has 0 aliphatic heterocycles. The fraction of sp³-hybridized carbons (Fsp3) is 0.667. The Morgan fingerprint density at radius 1 is 1.62 bits per heavy atom. The monoisotopic (exact) mass is 183 g/mol. The van der Waals surface area contributed by atoms with E-state index in [4.69, 9.17) is 10.2 Å². The van der Waals surface area contributed by atoms with Crippen LogP contribution in [-0.4, -0.2) is 17.6 Å². The number of aryl methyl sites for hydroxylation is 1. The molecule has 1 aromatic heterocycles. The van der Waals surface area contributed by atoms with Crippen molar-refractivity contribution < 1.29 is 4.42 Å². The molecule has 0 aliphatic rings. The van der Waals surface area contributed by atoms with Crippen LogP contribution in [0.3, 0.4) is 0 Å². The average molecular weight is 183 g/mol. The predicted molar refractivity (Wildman–Crippen MR) is 51.3 cm³/mol. The van der Waals surface area contributed by atoms with E-state index in [1.54, 1.807) is 6.20 Å². The van der Waals surface area contributed by atoms with Gasteiger partial charge in [0.2, 0.25) is 5.89 Å². The second kappa shape index (κ2) is 4.39. The van der Waals surface area contributed by atoms with Crippen LogP contribution in [0.1, 0.15) is 31.5 Å². The first-order valence-electron chi connectivity index (χ1n) is 4.52. The predicted octanol–water partition coefficient (Wildman–Crippen LogP) is 0.981. The van der Waals surface area contributed by atoms with Crippen molar-refractivity contribution in [2.75, 3.05) is 6.54 Å². The molecule has 0 fully saturated rings. The van der Waals surface area contributed by atoms with Crippen LogP contribution in [0.15, 0.2) is 10.6 Å². The third-order valence-corrected chi connectivity index (χ3v) is 1.90. The Morgan fingerprint density at radius 3 is 2.77 bits per heavy atom. The molecular weight excluding hydrogens is 166 g/mol. The summed E-state index contributed by atoms with van der Waals surface area (Å²) >= 11 is 0. The smallest absolute Gasteiger partial charge is 0.211 e. The fourth-order valence-corrected chi connectivity index (χ4v) is 1.14. The molecule has 3 N–H and O–H groups in total. The number of hydrogen-bond donors (Lipinski definition) is 2. The maximum Gasteiger partial charge on any atom is 0.211 e. The summed E-state index contributed by atoms with van der Waals surface area (Å²) in [5.74, 6) is 1.56. The highest BCUT2D eigenvalue weighted by atomic mass is 16.4. The maximum absolute atomic E-state index is 5.49. The van der Waals surface area contributed by atoms with E-state index in [0.717, 1.165) is 11.7 Å². The second-order valence-electron chi connectivity index (χ2n) is 3.33. The van der Waals surface area contributed by atoms with E-state index in [0.29, 0.717) is 6.54 Å². The van der Waals surface area contributed by atoms with E-state index >= 15 is 0 Å². The molecule has 0 radical (unpaired) electrons. The number of hydrogen-bond acceptors (Lipinski definition) is 4. The molecule has 1 heterocycles. The molecule has 74 valence electrons. The standard InChI is InChI=1S/C9H17N3O/c1-6(4-10)12-8(3)9-11-5-7(2)13-9/h5-6,8,12H,4,10H2,1-3H3. The van der Waals surface area contributed by atoms with Gasteiger partial charge < -0.3 is 15.5 Å². The van der Waals surface area contributed by atoms with Gasteiger partial charge in [0.05, 0.1) is 12.2 Å². The lowest BCUT2D eigenvalue weighted by Crippen LogP contribution is -2.35. The van der Waals surface area contributed by atoms with Crippen LogP contribution >= 0.6 is 0 Å². The largest absolute Gasteiger partial charge is 0.444 e. The van der Waals surface area contributed by atoms with Crippen molar-refractivity contribution >= 4 is 0 Å². The lowest BCUT2D eigenvalue weighted by molar-refractivity contribution is 0.379. The van der Waals surface area contributed by atoms with Gasteiger partial charge in [0.15, 0.2) is 0 Å². The lowest BCUT2D eigenvalue weighted by Gasteiger charge is -2.15. The Labute approximate surface area is 78.5 Å². The summed E-state index contributed by atoms with van der Waals surface area (Å²) in [7, 11) is 0. The van der Waals surface area contributed by atoms with Gasteiger partial charge in [-0.05, 0) is 20.8 Å². The summed E-state index contributed by atoms with van der Waals surface area (Å²) < 4.78 is 5.38. The van der Waals surface area contributed by atoms with Crippen LogP contribution in [0.5, 0.6) is 0 Å². The zero-order valence-electron chi connectivity index (χ0n) is 8.37. The molecule has 13 heavy (non-hydrogen) atoms. The Hall–Kier alpha value is -0.870. The van der Waals surface area contributed by atoms with Crippen molar-refractivity contribution in [3.63, 3.8) is 0 Å². The highest BCUT2D eigenvalue weighted by Gasteiger charge is 2.12. The Morgan fingerprint density at radius 2 is 2.31 bits per heavy atom. The third kappa shape index (κ3) is 2.82. The van der Waals surface area contributed by atoms with Gasteiger partial charge in [-0.1, -0.05) is 0 Å². The zero-order chi connectivity index (χ0) is 9.84. The Bertz CT molecular complexity index is 259. The minimum absolute atomic E-state index is 0.118. The van der Waals surface area contributed by atoms with E-state index in [1.807, 2.05) is 20.8 Å². The van der Waals surface area contributed by atoms with Crippen LogP contribution in [-0.2, 0) is 0 Å². The SMILES string of the molecule is Cc1cnc(C(C)NC(C)CN)o1. The summed E-state index contributed by atoms with van der Waals surface area (Å²) in [5, 5.41) is 3.28. The second-order valence-corrected chi connectivity index (χ2v) is 3.33. The van der Waals surface area contributed by atoms with Gasteiger partial charge in [-0.25, -0.2) is 4.98 Å². The van der Waals surface area contributed by atoms with Crippen LogP contribution < -0.4 is 11.1 Å². The lowest BCUT2D eigenvalue weighted by atomic mass is 10.2. The van der Waals surface area contributed by atoms with Gasteiger partial charge in [0, 0.05) is 12.6 Å². The molecule has 0 spiro atoms.